The molecule has 2 rings (SSSR count). The highest BCUT2D eigenvalue weighted by atomic mass is 16.5. The maximum atomic E-state index is 13.3. The summed E-state index contributed by atoms with van der Waals surface area (Å²) in [6.45, 7) is 5.35. The van der Waals surface area contributed by atoms with Gasteiger partial charge in [0.15, 0.2) is 0 Å². The molecule has 0 fully saturated rings. The Morgan fingerprint density at radius 3 is 2.33 bits per heavy atom. The largest absolute Gasteiger partial charge is 0.385 e. The molecule has 0 saturated carbocycles. The highest BCUT2D eigenvalue weighted by Gasteiger charge is 2.22. The van der Waals surface area contributed by atoms with E-state index in [-0.39, 0.29) is 18.4 Å². The lowest BCUT2D eigenvalue weighted by Gasteiger charge is -2.28. The number of rotatable bonds is 16. The van der Waals surface area contributed by atoms with Gasteiger partial charge >= 0.3 is 0 Å². The number of hydrogen-bond acceptors (Lipinski definition) is 4. The van der Waals surface area contributed by atoms with Crippen LogP contribution in [0.15, 0.2) is 48.7 Å². The number of amides is 2. The first-order valence-corrected chi connectivity index (χ1v) is 11.8. The van der Waals surface area contributed by atoms with Crippen molar-refractivity contribution in [2.75, 3.05) is 47.1 Å². The molecule has 0 aliphatic carbocycles. The molecule has 2 amide bonds. The lowest BCUT2D eigenvalue weighted by atomic mass is 10.2. The van der Waals surface area contributed by atoms with Crippen molar-refractivity contribution in [1.82, 2.24) is 14.4 Å². The summed E-state index contributed by atoms with van der Waals surface area (Å²) in [6.07, 6.45) is 4.99. The fraction of sp³-hybridized carbons (Fsp3) is 0.538. The van der Waals surface area contributed by atoms with Crippen molar-refractivity contribution in [3.8, 4) is 0 Å². The minimum absolute atomic E-state index is 0.0282. The van der Waals surface area contributed by atoms with Crippen LogP contribution in [-0.2, 0) is 32.2 Å². The number of nitrogens with zero attached hydrogens (tertiary/aromatic N) is 3. The van der Waals surface area contributed by atoms with Crippen LogP contribution in [0, 0.1) is 0 Å². The predicted octanol–water partition coefficient (Wildman–Crippen LogP) is 3.57. The van der Waals surface area contributed by atoms with E-state index < -0.39 is 0 Å². The molecule has 1 aromatic carbocycles. The Kier molecular flexibility index (Phi) is 12.3. The lowest BCUT2D eigenvalue weighted by molar-refractivity contribution is -0.141. The average molecular weight is 458 g/mol. The standard InChI is InChI=1S/C26H39N3O4/c1-4-5-14-25(30)28(16-10-18-32-2)22-26(31)29(17-19-33-3)21-24-13-9-15-27(24)20-23-11-7-6-8-12-23/h6-9,11-13,15H,4-5,10,14,16-22H2,1-3H3. The van der Waals surface area contributed by atoms with Crippen LogP contribution in [0.5, 0.6) is 0 Å². The Balaban J connectivity index is 2.10. The molecule has 0 spiro atoms. The lowest BCUT2D eigenvalue weighted by Crippen LogP contribution is -2.44. The van der Waals surface area contributed by atoms with Gasteiger partial charge in [-0.15, -0.1) is 0 Å². The summed E-state index contributed by atoms with van der Waals surface area (Å²) in [5.41, 5.74) is 2.25. The summed E-state index contributed by atoms with van der Waals surface area (Å²) >= 11 is 0. The molecule has 7 nitrogen and oxygen atoms in total. The number of hydrogen-bond donors (Lipinski definition) is 0. The molecular formula is C26H39N3O4. The molecule has 0 aliphatic rings. The van der Waals surface area contributed by atoms with Gasteiger partial charge in [-0.25, -0.2) is 0 Å². The Morgan fingerprint density at radius 2 is 1.64 bits per heavy atom. The van der Waals surface area contributed by atoms with Crippen molar-refractivity contribution in [3.05, 3.63) is 59.9 Å². The van der Waals surface area contributed by atoms with E-state index in [1.165, 1.54) is 5.56 Å². The van der Waals surface area contributed by atoms with Crippen LogP contribution in [0.1, 0.15) is 43.9 Å². The summed E-state index contributed by atoms with van der Waals surface area (Å²) in [7, 11) is 3.28. The van der Waals surface area contributed by atoms with Crippen molar-refractivity contribution in [3.63, 3.8) is 0 Å². The predicted molar refractivity (Wildman–Crippen MR) is 130 cm³/mol. The Hall–Kier alpha value is -2.64. The minimum Gasteiger partial charge on any atom is -0.385 e. The van der Waals surface area contributed by atoms with Crippen LogP contribution in [0.4, 0.5) is 0 Å². The summed E-state index contributed by atoms with van der Waals surface area (Å²) < 4.78 is 12.6. The van der Waals surface area contributed by atoms with Crippen molar-refractivity contribution >= 4 is 11.8 Å². The van der Waals surface area contributed by atoms with Gasteiger partial charge in [0.2, 0.25) is 11.8 Å². The SMILES string of the molecule is CCCCC(=O)N(CCCOC)CC(=O)N(CCOC)Cc1cccn1Cc1ccccc1. The zero-order chi connectivity index (χ0) is 23.9. The summed E-state index contributed by atoms with van der Waals surface area (Å²) in [4.78, 5) is 29.5. The second kappa shape index (κ2) is 15.2. The molecule has 0 bridgehead atoms. The number of carbonyl (C=O) groups excluding carboxylic acids is 2. The normalized spacial score (nSPS) is 10.9. The molecule has 7 heteroatoms. The Labute approximate surface area is 198 Å². The zero-order valence-electron chi connectivity index (χ0n) is 20.4. The van der Waals surface area contributed by atoms with E-state index in [1.807, 2.05) is 36.5 Å². The number of unbranched alkanes of at least 4 members (excludes halogenated alkanes) is 1. The van der Waals surface area contributed by atoms with Crippen LogP contribution in [-0.4, -0.2) is 73.2 Å². The first-order valence-electron chi connectivity index (χ1n) is 11.8. The number of aromatic nitrogens is 1. The number of ether oxygens (including phenoxy) is 2. The quantitative estimate of drug-likeness (QED) is 0.362. The van der Waals surface area contributed by atoms with E-state index in [1.54, 1.807) is 24.0 Å². The Morgan fingerprint density at radius 1 is 0.879 bits per heavy atom. The van der Waals surface area contributed by atoms with Crippen molar-refractivity contribution in [1.29, 1.82) is 0 Å². The van der Waals surface area contributed by atoms with Crippen LogP contribution in [0.25, 0.3) is 0 Å². The van der Waals surface area contributed by atoms with Gasteiger partial charge in [0.1, 0.15) is 0 Å². The molecule has 0 radical (unpaired) electrons. The highest BCUT2D eigenvalue weighted by molar-refractivity contribution is 5.84. The first-order chi connectivity index (χ1) is 16.1. The summed E-state index contributed by atoms with van der Waals surface area (Å²) in [6, 6.07) is 14.3. The molecule has 0 atom stereocenters. The summed E-state index contributed by atoms with van der Waals surface area (Å²) in [5, 5.41) is 0. The zero-order valence-corrected chi connectivity index (χ0v) is 20.4. The average Bonchev–Trinajstić information content (AvgIpc) is 3.26. The Bertz CT molecular complexity index is 822. The molecule has 2 aromatic rings. The van der Waals surface area contributed by atoms with Crippen LogP contribution >= 0.6 is 0 Å². The first kappa shape index (κ1) is 26.6. The van der Waals surface area contributed by atoms with Crippen molar-refractivity contribution in [2.45, 2.75) is 45.7 Å². The van der Waals surface area contributed by atoms with Crippen molar-refractivity contribution < 1.29 is 19.1 Å². The molecule has 1 heterocycles. The highest BCUT2D eigenvalue weighted by Crippen LogP contribution is 2.12. The number of benzene rings is 1. The molecule has 0 unspecified atom stereocenters. The van der Waals surface area contributed by atoms with Gasteiger partial charge in [-0.1, -0.05) is 43.7 Å². The van der Waals surface area contributed by atoms with E-state index in [0.717, 1.165) is 25.1 Å². The second-order valence-corrected chi connectivity index (χ2v) is 8.19. The molecule has 1 aromatic heterocycles. The fourth-order valence-corrected chi connectivity index (χ4v) is 3.66. The van der Waals surface area contributed by atoms with Gasteiger partial charge in [-0.3, -0.25) is 9.59 Å². The van der Waals surface area contributed by atoms with Gasteiger partial charge < -0.3 is 23.8 Å². The monoisotopic (exact) mass is 457 g/mol. The number of carbonyl (C=O) groups is 2. The third-order valence-corrected chi connectivity index (χ3v) is 5.59. The van der Waals surface area contributed by atoms with Crippen LogP contribution < -0.4 is 0 Å². The molecule has 182 valence electrons. The van der Waals surface area contributed by atoms with E-state index >= 15 is 0 Å². The third kappa shape index (κ3) is 9.40. The molecular weight excluding hydrogens is 418 g/mol. The van der Waals surface area contributed by atoms with E-state index in [9.17, 15) is 9.59 Å². The maximum Gasteiger partial charge on any atom is 0.242 e. The fourth-order valence-electron chi connectivity index (χ4n) is 3.66. The van der Waals surface area contributed by atoms with Gasteiger partial charge in [0, 0.05) is 58.8 Å². The molecule has 0 N–H and O–H groups in total. The van der Waals surface area contributed by atoms with Crippen LogP contribution in [0.2, 0.25) is 0 Å². The smallest absolute Gasteiger partial charge is 0.242 e. The molecule has 0 saturated heterocycles. The minimum atomic E-state index is -0.0678. The topological polar surface area (TPSA) is 64.0 Å². The van der Waals surface area contributed by atoms with Crippen molar-refractivity contribution in [2.24, 2.45) is 0 Å². The van der Waals surface area contributed by atoms with Gasteiger partial charge in [-0.05, 0) is 30.5 Å². The van der Waals surface area contributed by atoms with Gasteiger partial charge in [0.25, 0.3) is 0 Å². The molecule has 0 aliphatic heterocycles. The van der Waals surface area contributed by atoms with Crippen LogP contribution in [0.3, 0.4) is 0 Å². The van der Waals surface area contributed by atoms with E-state index in [2.05, 4.69) is 23.6 Å². The summed E-state index contributed by atoms with van der Waals surface area (Å²) in [5.74, 6) is -0.0396. The maximum absolute atomic E-state index is 13.3. The second-order valence-electron chi connectivity index (χ2n) is 8.19. The van der Waals surface area contributed by atoms with E-state index in [4.69, 9.17) is 9.47 Å². The van der Waals surface area contributed by atoms with Gasteiger partial charge in [0.05, 0.1) is 19.7 Å². The number of methoxy groups -OCH3 is 2. The van der Waals surface area contributed by atoms with Gasteiger partial charge in [-0.2, -0.15) is 0 Å². The third-order valence-electron chi connectivity index (χ3n) is 5.59. The molecule has 33 heavy (non-hydrogen) atoms. The van der Waals surface area contributed by atoms with E-state index in [0.29, 0.717) is 45.7 Å².